The third-order valence-electron chi connectivity index (χ3n) is 8.65. The summed E-state index contributed by atoms with van der Waals surface area (Å²) in [7, 11) is -8.47. The van der Waals surface area contributed by atoms with Gasteiger partial charge in [0.2, 0.25) is 0 Å². The van der Waals surface area contributed by atoms with Gasteiger partial charge in [0.25, 0.3) is 0 Å². The molecule has 1 aliphatic carbocycles. The van der Waals surface area contributed by atoms with E-state index in [1.54, 1.807) is 0 Å². The van der Waals surface area contributed by atoms with E-state index in [-0.39, 0.29) is 16.6 Å². The van der Waals surface area contributed by atoms with Gasteiger partial charge < -0.3 is 8.99 Å². The summed E-state index contributed by atoms with van der Waals surface area (Å²) in [6, 6.07) is 22.6. The number of hydrogen-bond donors (Lipinski definition) is 0. The lowest BCUT2D eigenvalue weighted by Gasteiger charge is -2.74. The fourth-order valence-corrected chi connectivity index (χ4v) is 63.5. The molecule has 2 nitrogen and oxygen atoms in total. The molecule has 39 heavy (non-hydrogen) atoms. The molecule has 0 radical (unpaired) electrons. The Bertz CT molecular complexity index is 1260. The first-order chi connectivity index (χ1) is 17.9. The van der Waals surface area contributed by atoms with Gasteiger partial charge in [0.15, 0.2) is 15.6 Å². The fourth-order valence-electron chi connectivity index (χ4n) is 8.29. The van der Waals surface area contributed by atoms with Crippen LogP contribution < -0.4 is 4.57 Å². The second-order valence-electron chi connectivity index (χ2n) is 15.5. The topological polar surface area (TPSA) is 12.5 Å². The molecule has 0 aromatic heterocycles. The van der Waals surface area contributed by atoms with Gasteiger partial charge in [-0.15, -0.1) is 0 Å². The van der Waals surface area contributed by atoms with Crippen LogP contribution in [0.2, 0.25) is 58.9 Å². The highest BCUT2D eigenvalue weighted by Gasteiger charge is 2.78. The minimum absolute atomic E-state index is 0.0687. The van der Waals surface area contributed by atoms with E-state index < -0.39 is 30.8 Å². The summed E-state index contributed by atoms with van der Waals surface area (Å²) in [5, 5.41) is -0.288. The number of rotatable bonds is 6. The average Bonchev–Trinajstić information content (AvgIpc) is 2.81. The maximum atomic E-state index is 8.01. The van der Waals surface area contributed by atoms with Crippen molar-refractivity contribution in [1.82, 2.24) is 0 Å². The highest BCUT2D eigenvalue weighted by atomic mass is 29.6. The van der Waals surface area contributed by atoms with E-state index in [4.69, 9.17) is 4.43 Å². The molecule has 2 unspecified atom stereocenters. The van der Waals surface area contributed by atoms with E-state index in [0.717, 1.165) is 0 Å². The quantitative estimate of drug-likeness (QED) is 0.311. The molecule has 2 aromatic rings. The summed E-state index contributed by atoms with van der Waals surface area (Å²) in [6.07, 6.45) is 9.48. The van der Waals surface area contributed by atoms with Crippen molar-refractivity contribution in [3.8, 4) is 0 Å². The smallest absolute Gasteiger partial charge is 0.184 e. The van der Waals surface area contributed by atoms with Gasteiger partial charge in [-0.2, -0.15) is 0 Å². The zero-order valence-electron chi connectivity index (χ0n) is 26.5. The van der Waals surface area contributed by atoms with Crippen LogP contribution in [0.1, 0.15) is 26.3 Å². The van der Waals surface area contributed by atoms with Crippen LogP contribution in [0.25, 0.3) is 5.70 Å². The SMILES string of the molecule is CC(C)(C)C1(O[Si](C)(C)C)C2C=CC=CC2=C(c2ccccc2)N(c2ccccc2)[Si]1([Si](C)(C)C)[Si](C)(C)C. The minimum Gasteiger partial charge on any atom is -0.412 e. The Morgan fingerprint density at radius 3 is 1.72 bits per heavy atom. The zero-order valence-corrected chi connectivity index (χ0v) is 30.5. The maximum Gasteiger partial charge on any atom is 0.184 e. The molecule has 0 saturated carbocycles. The average molecular weight is 590 g/mol. The monoisotopic (exact) mass is 589 g/mol. The van der Waals surface area contributed by atoms with E-state index >= 15 is 0 Å². The largest absolute Gasteiger partial charge is 0.412 e. The van der Waals surface area contributed by atoms with Crippen molar-refractivity contribution < 1.29 is 4.43 Å². The van der Waals surface area contributed by atoms with Crippen LogP contribution in [-0.2, 0) is 4.43 Å². The molecule has 1 heterocycles. The van der Waals surface area contributed by atoms with E-state index in [9.17, 15) is 0 Å². The van der Waals surface area contributed by atoms with E-state index in [1.807, 2.05) is 0 Å². The lowest BCUT2D eigenvalue weighted by Crippen LogP contribution is -2.95. The summed E-state index contributed by atoms with van der Waals surface area (Å²) < 4.78 is 11.0. The number of fused-ring (bicyclic) bond motifs is 1. The van der Waals surface area contributed by atoms with Crippen LogP contribution >= 0.6 is 0 Å². The van der Waals surface area contributed by atoms with Crippen LogP contribution in [0.3, 0.4) is 0 Å². The van der Waals surface area contributed by atoms with Crippen LogP contribution in [-0.4, -0.2) is 36.0 Å². The molecule has 0 saturated heterocycles. The van der Waals surface area contributed by atoms with Crippen molar-refractivity contribution in [1.29, 1.82) is 0 Å². The minimum atomic E-state index is -2.55. The van der Waals surface area contributed by atoms with Crippen LogP contribution in [0, 0.1) is 11.3 Å². The molecule has 1 aliphatic heterocycles. The Kier molecular flexibility index (Phi) is 7.74. The molecule has 2 aliphatic rings. The van der Waals surface area contributed by atoms with Crippen molar-refractivity contribution in [3.63, 3.8) is 0 Å². The second-order valence-corrected chi connectivity index (χ2v) is 46.4. The third kappa shape index (κ3) is 4.70. The van der Waals surface area contributed by atoms with Crippen molar-refractivity contribution in [2.75, 3.05) is 4.57 Å². The number of benzene rings is 2. The first kappa shape index (κ1) is 30.3. The third-order valence-corrected chi connectivity index (χ3v) is 47.6. The predicted molar refractivity (Wildman–Crippen MR) is 183 cm³/mol. The molecule has 2 atom stereocenters. The van der Waals surface area contributed by atoms with Gasteiger partial charge in [-0.3, -0.25) is 0 Å². The number of para-hydroxylation sites is 1. The Hall–Kier alpha value is -1.71. The summed E-state index contributed by atoms with van der Waals surface area (Å²) in [6.45, 7) is 30.8. The summed E-state index contributed by atoms with van der Waals surface area (Å²) >= 11 is 0. The molecule has 2 aromatic carbocycles. The van der Waals surface area contributed by atoms with Crippen molar-refractivity contribution >= 4 is 42.2 Å². The molecule has 210 valence electrons. The molecular weight excluding hydrogens is 539 g/mol. The Morgan fingerprint density at radius 1 is 0.744 bits per heavy atom. The highest BCUT2D eigenvalue weighted by molar-refractivity contribution is 7.71. The summed E-state index contributed by atoms with van der Waals surface area (Å²) in [5.74, 6) is 0.217. The Balaban J connectivity index is 2.38. The zero-order chi connectivity index (χ0) is 29.1. The van der Waals surface area contributed by atoms with E-state index in [1.165, 1.54) is 22.5 Å². The van der Waals surface area contributed by atoms with Crippen LogP contribution in [0.15, 0.2) is 90.5 Å². The van der Waals surface area contributed by atoms with Gasteiger partial charge in [-0.25, -0.2) is 0 Å². The normalized spacial score (nSPS) is 23.7. The van der Waals surface area contributed by atoms with Gasteiger partial charge in [-0.1, -0.05) is 133 Å². The lowest BCUT2D eigenvalue weighted by molar-refractivity contribution is 0.00307. The number of hydrogen-bond acceptors (Lipinski definition) is 2. The van der Waals surface area contributed by atoms with Crippen LogP contribution in [0.4, 0.5) is 5.69 Å². The number of nitrogens with zero attached hydrogens (tertiary/aromatic N) is 1. The molecule has 6 heteroatoms. The fraction of sp³-hybridized carbons (Fsp3) is 0.455. The number of anilines is 1. The second kappa shape index (κ2) is 9.98. The van der Waals surface area contributed by atoms with Gasteiger partial charge in [0, 0.05) is 17.3 Å². The van der Waals surface area contributed by atoms with Gasteiger partial charge in [0.05, 0.1) is 20.4 Å². The summed E-state index contributed by atoms with van der Waals surface area (Å²) in [5.41, 5.74) is 5.43. The molecular formula is C33H51NOSi4. The molecule has 0 fully saturated rings. The Labute approximate surface area is 242 Å². The summed E-state index contributed by atoms with van der Waals surface area (Å²) in [4.78, 5) is 0. The standard InChI is InChI=1S/C33H51NOSi4/c1-32(2,3)33(35-36(4,5)6)30-26-20-19-25-29(30)31(27-21-15-13-16-22-27)34(28-23-17-14-18-24-28)39(33,37(7,8)9)38(10,11)12/h13-26,30H,1-12H3. The van der Waals surface area contributed by atoms with E-state index in [0.29, 0.717) is 0 Å². The Morgan fingerprint density at radius 2 is 1.26 bits per heavy atom. The molecule has 0 bridgehead atoms. The van der Waals surface area contributed by atoms with Crippen molar-refractivity contribution in [2.24, 2.45) is 11.3 Å². The van der Waals surface area contributed by atoms with E-state index in [2.05, 4.69) is 169 Å². The molecule has 0 N–H and O–H groups in total. The van der Waals surface area contributed by atoms with Gasteiger partial charge in [0.1, 0.15) is 0 Å². The van der Waals surface area contributed by atoms with Gasteiger partial charge in [-0.05, 0) is 48.3 Å². The molecule has 0 spiro atoms. The first-order valence-electron chi connectivity index (χ1n) is 14.6. The van der Waals surface area contributed by atoms with Crippen molar-refractivity contribution in [2.45, 2.75) is 84.9 Å². The van der Waals surface area contributed by atoms with Crippen molar-refractivity contribution in [3.05, 3.63) is 96.1 Å². The number of allylic oxidation sites excluding steroid dienone is 3. The predicted octanol–water partition coefficient (Wildman–Crippen LogP) is 9.61. The molecule has 0 amide bonds. The van der Waals surface area contributed by atoms with Gasteiger partial charge >= 0.3 is 0 Å². The first-order valence-corrected chi connectivity index (χ1v) is 29.0. The maximum absolute atomic E-state index is 8.01. The highest BCUT2D eigenvalue weighted by Crippen LogP contribution is 2.63. The van der Waals surface area contributed by atoms with Crippen LogP contribution in [0.5, 0.6) is 0 Å². The lowest BCUT2D eigenvalue weighted by atomic mass is 9.74. The molecule has 4 rings (SSSR count).